The Kier molecular flexibility index (Phi) is 3.57. The van der Waals surface area contributed by atoms with Crippen LogP contribution in [0.4, 0.5) is 0 Å². The van der Waals surface area contributed by atoms with E-state index in [1.54, 1.807) is 6.92 Å². The van der Waals surface area contributed by atoms with Crippen molar-refractivity contribution in [2.24, 2.45) is 11.8 Å². The van der Waals surface area contributed by atoms with Crippen LogP contribution < -0.4 is 5.32 Å². The molecule has 0 aromatic carbocycles. The van der Waals surface area contributed by atoms with E-state index in [1.807, 2.05) is 0 Å². The van der Waals surface area contributed by atoms with E-state index in [-0.39, 0.29) is 17.4 Å². The van der Waals surface area contributed by atoms with Gasteiger partial charge in [0.05, 0.1) is 18.1 Å². The summed E-state index contributed by atoms with van der Waals surface area (Å²) in [7, 11) is 0. The molecule has 1 amide bonds. The van der Waals surface area contributed by atoms with Crippen LogP contribution in [0.15, 0.2) is 0 Å². The zero-order valence-corrected chi connectivity index (χ0v) is 9.47. The van der Waals surface area contributed by atoms with E-state index in [0.29, 0.717) is 0 Å². The van der Waals surface area contributed by atoms with Crippen molar-refractivity contribution < 1.29 is 19.5 Å². The first kappa shape index (κ1) is 12.5. The molecule has 0 saturated carbocycles. The molecule has 6 nitrogen and oxygen atoms in total. The van der Waals surface area contributed by atoms with Crippen LogP contribution >= 0.6 is 0 Å². The third-order valence-corrected chi connectivity index (χ3v) is 2.98. The number of aliphatic hydroxyl groups is 1. The lowest BCUT2D eigenvalue weighted by atomic mass is 9.77. The van der Waals surface area contributed by atoms with Crippen molar-refractivity contribution in [3.8, 4) is 0 Å². The highest BCUT2D eigenvalue weighted by Gasteiger charge is 2.48. The molecule has 0 aromatic heterocycles. The summed E-state index contributed by atoms with van der Waals surface area (Å²) in [6.45, 7) is 4.55. The van der Waals surface area contributed by atoms with Gasteiger partial charge < -0.3 is 16.0 Å². The molecule has 0 bridgehead atoms. The van der Waals surface area contributed by atoms with Crippen LogP contribution in [0.3, 0.4) is 0 Å². The number of rotatable bonds is 4. The lowest BCUT2D eigenvalue weighted by molar-refractivity contribution is -0.144. The first-order chi connectivity index (χ1) is 7.40. The third kappa shape index (κ3) is 2.03. The number of hydrogen-bond donors (Lipinski definition) is 2. The lowest BCUT2D eigenvalue weighted by Gasteiger charge is -2.41. The highest BCUT2D eigenvalue weighted by atomic mass is 16.3. The Labute approximate surface area is 93.3 Å². The number of nitrogens with one attached hydrogen (secondary N) is 1. The van der Waals surface area contributed by atoms with E-state index < -0.39 is 24.0 Å². The van der Waals surface area contributed by atoms with E-state index in [1.165, 1.54) is 13.8 Å². The van der Waals surface area contributed by atoms with E-state index in [9.17, 15) is 14.7 Å². The molecule has 1 aliphatic rings. The lowest BCUT2D eigenvalue weighted by Crippen LogP contribution is -2.65. The Balaban J connectivity index is 2.77. The molecule has 0 aromatic rings. The van der Waals surface area contributed by atoms with Crippen LogP contribution in [0.25, 0.3) is 5.53 Å². The molecule has 2 N–H and O–H groups in total. The van der Waals surface area contributed by atoms with Gasteiger partial charge in [0.25, 0.3) is 0 Å². The van der Waals surface area contributed by atoms with Gasteiger partial charge in [-0.3, -0.25) is 9.59 Å². The highest BCUT2D eigenvalue weighted by Crippen LogP contribution is 2.26. The zero-order chi connectivity index (χ0) is 12.5. The molecular weight excluding hydrogens is 210 g/mol. The van der Waals surface area contributed by atoms with Crippen LogP contribution in [0.2, 0.25) is 0 Å². The van der Waals surface area contributed by atoms with Crippen LogP contribution in [0.1, 0.15) is 20.8 Å². The molecule has 0 radical (unpaired) electrons. The van der Waals surface area contributed by atoms with Gasteiger partial charge in [0.1, 0.15) is 0 Å². The van der Waals surface area contributed by atoms with Crippen molar-refractivity contribution in [3.63, 3.8) is 0 Å². The van der Waals surface area contributed by atoms with E-state index in [0.717, 1.165) is 0 Å². The monoisotopic (exact) mass is 225 g/mol. The second-order valence-corrected chi connectivity index (χ2v) is 4.14. The number of ketones is 1. The van der Waals surface area contributed by atoms with E-state index >= 15 is 0 Å². The van der Waals surface area contributed by atoms with Gasteiger partial charge in [-0.25, -0.2) is 0 Å². The molecular formula is C10H15N3O3. The minimum atomic E-state index is -0.791. The minimum absolute atomic E-state index is 0.00186. The normalized spacial score (nSPS) is 27.1. The molecule has 6 heteroatoms. The van der Waals surface area contributed by atoms with Crippen LogP contribution in [0, 0.1) is 11.8 Å². The summed E-state index contributed by atoms with van der Waals surface area (Å²) >= 11 is 0. The van der Waals surface area contributed by atoms with Crippen molar-refractivity contribution in [1.82, 2.24) is 5.32 Å². The zero-order valence-electron chi connectivity index (χ0n) is 9.47. The number of carbonyl (C=O) groups is 2. The summed E-state index contributed by atoms with van der Waals surface area (Å²) in [4.78, 5) is 25.7. The highest BCUT2D eigenvalue weighted by molar-refractivity contribution is 6.37. The smallest absolute Gasteiger partial charge is 0.331 e. The van der Waals surface area contributed by atoms with Gasteiger partial charge in [0.2, 0.25) is 11.7 Å². The van der Waals surface area contributed by atoms with Gasteiger partial charge in [-0.15, -0.1) is 0 Å². The summed E-state index contributed by atoms with van der Waals surface area (Å²) in [6, 6.07) is -0.392. The Hall–Kier alpha value is -1.52. The molecule has 1 heterocycles. The second-order valence-electron chi connectivity index (χ2n) is 4.14. The topological polar surface area (TPSA) is 103 Å². The molecule has 1 fully saturated rings. The van der Waals surface area contributed by atoms with Crippen molar-refractivity contribution in [3.05, 3.63) is 5.53 Å². The Morgan fingerprint density at radius 2 is 2.12 bits per heavy atom. The largest absolute Gasteiger partial charge is 0.393 e. The first-order valence-corrected chi connectivity index (χ1v) is 5.11. The minimum Gasteiger partial charge on any atom is -0.393 e. The summed E-state index contributed by atoms with van der Waals surface area (Å²) in [5, 5.41) is 12.0. The molecule has 4 unspecified atom stereocenters. The van der Waals surface area contributed by atoms with Gasteiger partial charge in [0.15, 0.2) is 0 Å². The fourth-order valence-electron chi connectivity index (χ4n) is 1.91. The van der Waals surface area contributed by atoms with Gasteiger partial charge in [0, 0.05) is 12.8 Å². The van der Waals surface area contributed by atoms with Crippen LogP contribution in [-0.2, 0) is 9.59 Å². The van der Waals surface area contributed by atoms with Crippen LogP contribution in [-0.4, -0.2) is 39.4 Å². The van der Waals surface area contributed by atoms with Crippen molar-refractivity contribution in [1.29, 1.82) is 0 Å². The summed E-state index contributed by atoms with van der Waals surface area (Å²) in [5.74, 6) is -1.66. The average molecular weight is 225 g/mol. The fraction of sp³-hybridized carbons (Fsp3) is 0.700. The molecule has 88 valence electrons. The maximum atomic E-state index is 11.7. The molecule has 1 saturated heterocycles. The Morgan fingerprint density at radius 3 is 2.50 bits per heavy atom. The molecule has 16 heavy (non-hydrogen) atoms. The number of nitrogens with zero attached hydrogens (tertiary/aromatic N) is 2. The maximum Gasteiger partial charge on any atom is 0.331 e. The van der Waals surface area contributed by atoms with Gasteiger partial charge >= 0.3 is 5.71 Å². The number of hydrogen-bond acceptors (Lipinski definition) is 3. The van der Waals surface area contributed by atoms with Gasteiger partial charge in [-0.05, 0) is 6.92 Å². The van der Waals surface area contributed by atoms with Crippen LogP contribution in [0.5, 0.6) is 0 Å². The Bertz CT molecular complexity index is 372. The number of Topliss-reactive ketones (excluding diaryl/α,β-unsaturated/α-hetero) is 1. The Morgan fingerprint density at radius 1 is 1.56 bits per heavy atom. The standard InChI is InChI=1S/C10H15N3O3/c1-4(9(15)5(2)13-11)8-7(6(3)14)10(16)12-8/h4,6-8,14H,1-3H3,(H,12,16). The SMILES string of the molecule is CC(=[N+]=[N-])C(=O)C(C)C1NC(=O)C1C(C)O. The van der Waals surface area contributed by atoms with Gasteiger partial charge in [-0.2, -0.15) is 4.79 Å². The first-order valence-electron chi connectivity index (χ1n) is 5.11. The number of carbonyl (C=O) groups excluding carboxylic acids is 2. The molecule has 0 aliphatic carbocycles. The molecule has 0 spiro atoms. The van der Waals surface area contributed by atoms with Crippen molar-refractivity contribution in [2.75, 3.05) is 0 Å². The average Bonchev–Trinajstić information content (AvgIpc) is 2.21. The molecule has 1 rings (SSSR count). The number of amides is 1. The molecule has 1 aliphatic heterocycles. The maximum absolute atomic E-state index is 11.7. The van der Waals surface area contributed by atoms with Crippen molar-refractivity contribution >= 4 is 17.4 Å². The number of β-lactam (4-membered cyclic amide) rings is 1. The van der Waals surface area contributed by atoms with E-state index in [4.69, 9.17) is 5.53 Å². The third-order valence-electron chi connectivity index (χ3n) is 2.98. The fourth-order valence-corrected chi connectivity index (χ4v) is 1.91. The van der Waals surface area contributed by atoms with Gasteiger partial charge in [-0.1, -0.05) is 6.92 Å². The van der Waals surface area contributed by atoms with Crippen molar-refractivity contribution in [2.45, 2.75) is 32.9 Å². The summed E-state index contributed by atoms with van der Waals surface area (Å²) in [5.41, 5.74) is 8.48. The predicted octanol–water partition coefficient (Wildman–Crippen LogP) is -0.622. The predicted molar refractivity (Wildman–Crippen MR) is 55.6 cm³/mol. The second kappa shape index (κ2) is 4.55. The summed E-state index contributed by atoms with van der Waals surface area (Å²) < 4.78 is 0. The van der Waals surface area contributed by atoms with E-state index in [2.05, 4.69) is 10.1 Å². The quantitative estimate of drug-likeness (QED) is 0.288. The number of aliphatic hydroxyl groups excluding tert-OH is 1. The summed E-state index contributed by atoms with van der Waals surface area (Å²) in [6.07, 6.45) is -0.791. The molecule has 4 atom stereocenters.